The molecule has 2 N–H and O–H groups in total. The van der Waals surface area contributed by atoms with E-state index in [2.05, 4.69) is 10.1 Å². The molecule has 0 saturated heterocycles. The molecule has 1 rings (SSSR count). The highest BCUT2D eigenvalue weighted by Gasteiger charge is 2.36. The number of rotatable bonds is 4. The van der Waals surface area contributed by atoms with Crippen LogP contribution >= 0.6 is 0 Å². The van der Waals surface area contributed by atoms with Gasteiger partial charge in [-0.2, -0.15) is 0 Å². The first kappa shape index (κ1) is 14.5. The number of ether oxygens (including phenoxy) is 1. The molecule has 102 valence electrons. The van der Waals surface area contributed by atoms with E-state index in [4.69, 9.17) is 5.11 Å². The second-order valence-electron chi connectivity index (χ2n) is 4.59. The van der Waals surface area contributed by atoms with E-state index in [-0.39, 0.29) is 5.91 Å². The lowest BCUT2D eigenvalue weighted by Crippen LogP contribution is -2.46. The normalized spacial score (nSPS) is 25.0. The fourth-order valence-corrected chi connectivity index (χ4v) is 2.30. The Balaban J connectivity index is 2.63. The van der Waals surface area contributed by atoms with Crippen LogP contribution in [0.4, 0.5) is 0 Å². The van der Waals surface area contributed by atoms with E-state index in [9.17, 15) is 14.4 Å². The van der Waals surface area contributed by atoms with Gasteiger partial charge in [0.05, 0.1) is 18.9 Å². The summed E-state index contributed by atoms with van der Waals surface area (Å²) < 4.78 is 4.50. The van der Waals surface area contributed by atoms with Crippen LogP contribution in [0, 0.1) is 11.8 Å². The van der Waals surface area contributed by atoms with Crippen molar-refractivity contribution in [3.05, 3.63) is 0 Å². The van der Waals surface area contributed by atoms with Crippen LogP contribution in [0.1, 0.15) is 32.6 Å². The summed E-state index contributed by atoms with van der Waals surface area (Å²) in [6, 6.07) is -0.751. The molecule has 0 bridgehead atoms. The molecule has 0 aromatic heterocycles. The lowest BCUT2D eigenvalue weighted by atomic mass is 9.78. The lowest BCUT2D eigenvalue weighted by molar-refractivity contribution is -0.150. The Bertz CT molecular complexity index is 341. The van der Waals surface area contributed by atoms with Crippen molar-refractivity contribution in [2.75, 3.05) is 7.11 Å². The van der Waals surface area contributed by atoms with E-state index in [0.29, 0.717) is 12.8 Å². The maximum atomic E-state index is 12.0. The number of amides is 1. The summed E-state index contributed by atoms with van der Waals surface area (Å²) in [7, 11) is 1.24. The number of methoxy groups -OCH3 is 1. The fraction of sp³-hybridized carbons (Fsp3) is 0.750. The highest BCUT2D eigenvalue weighted by Crippen LogP contribution is 2.30. The van der Waals surface area contributed by atoms with Crippen molar-refractivity contribution >= 4 is 17.8 Å². The maximum absolute atomic E-state index is 12.0. The molecule has 0 radical (unpaired) electrons. The number of carbonyl (C=O) groups is 3. The molecule has 0 aliphatic heterocycles. The van der Waals surface area contributed by atoms with Gasteiger partial charge < -0.3 is 15.2 Å². The maximum Gasteiger partial charge on any atom is 0.328 e. The van der Waals surface area contributed by atoms with Gasteiger partial charge >= 0.3 is 11.9 Å². The first-order valence-corrected chi connectivity index (χ1v) is 6.08. The van der Waals surface area contributed by atoms with E-state index in [1.54, 1.807) is 0 Å². The topological polar surface area (TPSA) is 92.7 Å². The molecule has 1 fully saturated rings. The SMILES string of the molecule is COC(=O)C(C)NC(=O)C1CCCCC1C(=O)O. The van der Waals surface area contributed by atoms with Gasteiger partial charge in [-0.05, 0) is 19.8 Å². The van der Waals surface area contributed by atoms with Crippen LogP contribution in [0.5, 0.6) is 0 Å². The van der Waals surface area contributed by atoms with Gasteiger partial charge in [-0.15, -0.1) is 0 Å². The van der Waals surface area contributed by atoms with E-state index in [1.807, 2.05) is 0 Å². The number of hydrogen-bond acceptors (Lipinski definition) is 4. The van der Waals surface area contributed by atoms with Crippen LogP contribution in [-0.4, -0.2) is 36.1 Å². The number of carboxylic acid groups (broad SMARTS) is 1. The Morgan fingerprint density at radius 2 is 1.78 bits per heavy atom. The molecule has 1 aliphatic rings. The Morgan fingerprint density at radius 1 is 1.22 bits per heavy atom. The molecule has 0 spiro atoms. The third-order valence-electron chi connectivity index (χ3n) is 3.33. The van der Waals surface area contributed by atoms with E-state index < -0.39 is 29.8 Å². The minimum atomic E-state index is -0.944. The van der Waals surface area contributed by atoms with Crippen LogP contribution in [0.3, 0.4) is 0 Å². The zero-order chi connectivity index (χ0) is 13.7. The first-order valence-electron chi connectivity index (χ1n) is 6.08. The molecule has 0 heterocycles. The van der Waals surface area contributed by atoms with Gasteiger partial charge in [-0.3, -0.25) is 9.59 Å². The van der Waals surface area contributed by atoms with Crippen molar-refractivity contribution in [3.63, 3.8) is 0 Å². The smallest absolute Gasteiger partial charge is 0.328 e. The average molecular weight is 257 g/mol. The van der Waals surface area contributed by atoms with Gasteiger partial charge in [0, 0.05) is 0 Å². The average Bonchev–Trinajstić information content (AvgIpc) is 2.37. The summed E-state index contributed by atoms with van der Waals surface area (Å²) in [6.07, 6.45) is 2.73. The second kappa shape index (κ2) is 6.37. The third kappa shape index (κ3) is 3.45. The van der Waals surface area contributed by atoms with Crippen molar-refractivity contribution in [2.45, 2.75) is 38.6 Å². The third-order valence-corrected chi connectivity index (χ3v) is 3.33. The van der Waals surface area contributed by atoms with Gasteiger partial charge in [0.1, 0.15) is 6.04 Å². The minimum absolute atomic E-state index is 0.375. The zero-order valence-corrected chi connectivity index (χ0v) is 10.6. The Labute approximate surface area is 106 Å². The van der Waals surface area contributed by atoms with Crippen LogP contribution in [0.15, 0.2) is 0 Å². The predicted octanol–water partition coefficient (Wildman–Crippen LogP) is 0.555. The van der Waals surface area contributed by atoms with Crippen LogP contribution < -0.4 is 5.32 Å². The predicted molar refractivity (Wildman–Crippen MR) is 62.7 cm³/mol. The minimum Gasteiger partial charge on any atom is -0.481 e. The largest absolute Gasteiger partial charge is 0.481 e. The molecular formula is C12H19NO5. The number of esters is 1. The van der Waals surface area contributed by atoms with Gasteiger partial charge in [0.15, 0.2) is 0 Å². The molecule has 3 unspecified atom stereocenters. The van der Waals surface area contributed by atoms with E-state index in [1.165, 1.54) is 14.0 Å². The molecule has 3 atom stereocenters. The van der Waals surface area contributed by atoms with Gasteiger partial charge in [-0.25, -0.2) is 4.79 Å². The number of carboxylic acids is 1. The van der Waals surface area contributed by atoms with Crippen molar-refractivity contribution in [3.8, 4) is 0 Å². The number of carbonyl (C=O) groups excluding carboxylic acids is 2. The highest BCUT2D eigenvalue weighted by atomic mass is 16.5. The first-order chi connectivity index (χ1) is 8.47. The summed E-state index contributed by atoms with van der Waals surface area (Å²) in [4.78, 5) is 34.2. The summed E-state index contributed by atoms with van der Waals surface area (Å²) in [5.41, 5.74) is 0. The van der Waals surface area contributed by atoms with E-state index >= 15 is 0 Å². The Hall–Kier alpha value is -1.59. The lowest BCUT2D eigenvalue weighted by Gasteiger charge is -2.28. The second-order valence-corrected chi connectivity index (χ2v) is 4.59. The zero-order valence-electron chi connectivity index (χ0n) is 10.6. The summed E-state index contributed by atoms with van der Waals surface area (Å²) in [5, 5.41) is 11.6. The van der Waals surface area contributed by atoms with Crippen LogP contribution in [-0.2, 0) is 19.1 Å². The molecule has 0 aromatic rings. The molecule has 0 aromatic carbocycles. The number of aliphatic carboxylic acids is 1. The fourth-order valence-electron chi connectivity index (χ4n) is 2.30. The molecule has 18 heavy (non-hydrogen) atoms. The molecule has 1 aliphatic carbocycles. The summed E-state index contributed by atoms with van der Waals surface area (Å²) in [5.74, 6) is -3.06. The summed E-state index contributed by atoms with van der Waals surface area (Å²) >= 11 is 0. The van der Waals surface area contributed by atoms with Crippen molar-refractivity contribution in [1.29, 1.82) is 0 Å². The standard InChI is InChI=1S/C12H19NO5/c1-7(12(17)18-2)13-10(14)8-5-3-4-6-9(8)11(15)16/h7-9H,3-6H2,1-2H3,(H,13,14)(H,15,16). The van der Waals surface area contributed by atoms with Crippen molar-refractivity contribution < 1.29 is 24.2 Å². The van der Waals surface area contributed by atoms with Crippen LogP contribution in [0.2, 0.25) is 0 Å². The number of nitrogens with one attached hydrogen (secondary N) is 1. The molecule has 1 saturated carbocycles. The highest BCUT2D eigenvalue weighted by molar-refractivity contribution is 5.88. The quantitative estimate of drug-likeness (QED) is 0.718. The summed E-state index contributed by atoms with van der Waals surface area (Å²) in [6.45, 7) is 1.52. The van der Waals surface area contributed by atoms with Gasteiger partial charge in [0.25, 0.3) is 0 Å². The van der Waals surface area contributed by atoms with Crippen molar-refractivity contribution in [1.82, 2.24) is 5.32 Å². The van der Waals surface area contributed by atoms with Gasteiger partial charge in [-0.1, -0.05) is 12.8 Å². The van der Waals surface area contributed by atoms with Gasteiger partial charge in [0.2, 0.25) is 5.91 Å². The number of hydrogen-bond donors (Lipinski definition) is 2. The molecule has 1 amide bonds. The molecule has 6 heteroatoms. The Kier molecular flexibility index (Phi) is 5.12. The molecule has 6 nitrogen and oxygen atoms in total. The van der Waals surface area contributed by atoms with Crippen LogP contribution in [0.25, 0.3) is 0 Å². The van der Waals surface area contributed by atoms with Crippen molar-refractivity contribution in [2.24, 2.45) is 11.8 Å². The Morgan fingerprint density at radius 3 is 2.28 bits per heavy atom. The van der Waals surface area contributed by atoms with E-state index in [0.717, 1.165) is 12.8 Å². The monoisotopic (exact) mass is 257 g/mol. The molecular weight excluding hydrogens is 238 g/mol.